The van der Waals surface area contributed by atoms with Crippen molar-refractivity contribution >= 4 is 5.82 Å². The van der Waals surface area contributed by atoms with E-state index in [2.05, 4.69) is 41.1 Å². The van der Waals surface area contributed by atoms with E-state index in [9.17, 15) is 5.26 Å². The third-order valence-corrected chi connectivity index (χ3v) is 3.90. The fraction of sp³-hybridized carbons (Fsp3) is 0.400. The van der Waals surface area contributed by atoms with Gasteiger partial charge in [-0.15, -0.1) is 15.0 Å². The van der Waals surface area contributed by atoms with Crippen LogP contribution in [0.15, 0.2) is 18.2 Å². The molecule has 1 aromatic heterocycles. The Morgan fingerprint density at radius 2 is 1.90 bits per heavy atom. The number of anilines is 1. The van der Waals surface area contributed by atoms with E-state index in [1.807, 2.05) is 12.1 Å². The van der Waals surface area contributed by atoms with Gasteiger partial charge in [-0.05, 0) is 43.9 Å². The third-order valence-electron chi connectivity index (χ3n) is 3.90. The van der Waals surface area contributed by atoms with E-state index in [0.29, 0.717) is 11.5 Å². The van der Waals surface area contributed by atoms with Crippen LogP contribution < -0.4 is 4.90 Å². The fourth-order valence-electron chi connectivity index (χ4n) is 2.57. The van der Waals surface area contributed by atoms with Crippen LogP contribution in [0.5, 0.6) is 0 Å². The Labute approximate surface area is 118 Å². The van der Waals surface area contributed by atoms with Gasteiger partial charge in [0.1, 0.15) is 6.07 Å². The number of aryl methyl sites for hydroxylation is 1. The molecular formula is C15H17N5. The normalized spacial score (nSPS) is 14.6. The Balaban J connectivity index is 2.07. The van der Waals surface area contributed by atoms with Crippen molar-refractivity contribution in [1.29, 1.82) is 5.26 Å². The molecule has 1 saturated heterocycles. The summed E-state index contributed by atoms with van der Waals surface area (Å²) < 4.78 is 0. The molecule has 0 saturated carbocycles. The van der Waals surface area contributed by atoms with Crippen LogP contribution in [0.4, 0.5) is 5.82 Å². The Kier molecular flexibility index (Phi) is 3.15. The zero-order valence-corrected chi connectivity index (χ0v) is 11.8. The van der Waals surface area contributed by atoms with Crippen LogP contribution in [0.3, 0.4) is 0 Å². The molecule has 0 bridgehead atoms. The van der Waals surface area contributed by atoms with Gasteiger partial charge in [-0.2, -0.15) is 5.26 Å². The summed E-state index contributed by atoms with van der Waals surface area (Å²) in [5.74, 6) is 0.714. The van der Waals surface area contributed by atoms with Gasteiger partial charge in [-0.1, -0.05) is 12.1 Å². The fourth-order valence-corrected chi connectivity index (χ4v) is 2.57. The van der Waals surface area contributed by atoms with Crippen LogP contribution in [0, 0.1) is 25.2 Å². The maximum absolute atomic E-state index is 9.27. The zero-order chi connectivity index (χ0) is 14.1. The molecule has 2 aromatic rings. The van der Waals surface area contributed by atoms with Crippen LogP contribution in [0.2, 0.25) is 0 Å². The van der Waals surface area contributed by atoms with Crippen LogP contribution in [-0.2, 0) is 0 Å². The maximum atomic E-state index is 9.27. The van der Waals surface area contributed by atoms with Crippen molar-refractivity contribution in [3.8, 4) is 11.8 Å². The summed E-state index contributed by atoms with van der Waals surface area (Å²) in [6.45, 7) is 6.03. The van der Waals surface area contributed by atoms with Crippen molar-refractivity contribution in [3.63, 3.8) is 0 Å². The summed E-state index contributed by atoms with van der Waals surface area (Å²) >= 11 is 0. The van der Waals surface area contributed by atoms with Gasteiger partial charge in [0, 0.05) is 13.1 Å². The van der Waals surface area contributed by atoms with Crippen molar-refractivity contribution in [3.05, 3.63) is 35.0 Å². The number of aromatic nitrogens is 3. The smallest absolute Gasteiger partial charge is 0.207 e. The van der Waals surface area contributed by atoms with E-state index in [1.165, 1.54) is 5.56 Å². The molecule has 5 heteroatoms. The van der Waals surface area contributed by atoms with E-state index in [1.54, 1.807) is 4.80 Å². The number of hydrogen-bond donors (Lipinski definition) is 0. The highest BCUT2D eigenvalue weighted by atomic mass is 15.5. The first-order chi connectivity index (χ1) is 9.70. The molecule has 1 fully saturated rings. The van der Waals surface area contributed by atoms with Crippen LogP contribution in [0.25, 0.3) is 5.69 Å². The van der Waals surface area contributed by atoms with Gasteiger partial charge >= 0.3 is 0 Å². The monoisotopic (exact) mass is 267 g/mol. The number of rotatable bonds is 2. The van der Waals surface area contributed by atoms with Gasteiger partial charge in [0.15, 0.2) is 5.82 Å². The molecule has 5 nitrogen and oxygen atoms in total. The lowest BCUT2D eigenvalue weighted by Gasteiger charge is -2.13. The second-order valence-electron chi connectivity index (χ2n) is 5.19. The summed E-state index contributed by atoms with van der Waals surface area (Å²) in [5, 5.41) is 18.2. The highest BCUT2D eigenvalue weighted by Gasteiger charge is 2.21. The molecule has 102 valence electrons. The summed E-state index contributed by atoms with van der Waals surface area (Å²) in [7, 11) is 0. The van der Waals surface area contributed by atoms with Crippen LogP contribution in [-0.4, -0.2) is 28.1 Å². The van der Waals surface area contributed by atoms with Crippen LogP contribution >= 0.6 is 0 Å². The summed E-state index contributed by atoms with van der Waals surface area (Å²) in [4.78, 5) is 3.74. The molecule has 0 N–H and O–H groups in total. The number of benzene rings is 1. The quantitative estimate of drug-likeness (QED) is 0.838. The Bertz CT molecular complexity index is 674. The molecule has 1 aromatic carbocycles. The van der Waals surface area contributed by atoms with Gasteiger partial charge in [-0.3, -0.25) is 0 Å². The first kappa shape index (κ1) is 12.7. The Morgan fingerprint density at radius 1 is 1.15 bits per heavy atom. The second-order valence-corrected chi connectivity index (χ2v) is 5.19. The van der Waals surface area contributed by atoms with E-state index in [0.717, 1.165) is 37.2 Å². The third kappa shape index (κ3) is 2.03. The molecular weight excluding hydrogens is 250 g/mol. The van der Waals surface area contributed by atoms with Crippen molar-refractivity contribution in [2.45, 2.75) is 26.7 Å². The van der Waals surface area contributed by atoms with E-state index in [4.69, 9.17) is 0 Å². The van der Waals surface area contributed by atoms with Crippen LogP contribution in [0.1, 0.15) is 29.7 Å². The predicted octanol–water partition coefficient (Wildman–Crippen LogP) is 2.36. The zero-order valence-electron chi connectivity index (χ0n) is 11.8. The van der Waals surface area contributed by atoms with Gasteiger partial charge in [0.25, 0.3) is 0 Å². The molecule has 1 aliphatic rings. The molecule has 1 aliphatic heterocycles. The van der Waals surface area contributed by atoms with E-state index >= 15 is 0 Å². The van der Waals surface area contributed by atoms with Crippen molar-refractivity contribution in [2.75, 3.05) is 18.0 Å². The van der Waals surface area contributed by atoms with Gasteiger partial charge in [0.05, 0.1) is 5.69 Å². The summed E-state index contributed by atoms with van der Waals surface area (Å²) in [5.41, 5.74) is 3.68. The second kappa shape index (κ2) is 4.97. The lowest BCUT2D eigenvalue weighted by molar-refractivity contribution is 0.738. The van der Waals surface area contributed by atoms with Gasteiger partial charge < -0.3 is 4.90 Å². The minimum absolute atomic E-state index is 0.410. The topological polar surface area (TPSA) is 57.7 Å². The maximum Gasteiger partial charge on any atom is 0.207 e. The highest BCUT2D eigenvalue weighted by molar-refractivity contribution is 5.52. The minimum Gasteiger partial charge on any atom is -0.353 e. The van der Waals surface area contributed by atoms with Crippen molar-refractivity contribution in [1.82, 2.24) is 15.0 Å². The first-order valence-electron chi connectivity index (χ1n) is 6.89. The molecule has 0 radical (unpaired) electrons. The highest BCUT2D eigenvalue weighted by Crippen LogP contribution is 2.23. The largest absolute Gasteiger partial charge is 0.353 e. The van der Waals surface area contributed by atoms with E-state index < -0.39 is 0 Å². The predicted molar refractivity (Wildman–Crippen MR) is 77.0 cm³/mol. The molecule has 0 aliphatic carbocycles. The molecule has 2 heterocycles. The SMILES string of the molecule is Cc1cccc(-n2nc(C#N)c(N3CCCC3)n2)c1C. The lowest BCUT2D eigenvalue weighted by Crippen LogP contribution is -2.19. The molecule has 0 amide bonds. The summed E-state index contributed by atoms with van der Waals surface area (Å²) in [6.07, 6.45) is 2.31. The molecule has 0 atom stereocenters. The minimum atomic E-state index is 0.410. The Morgan fingerprint density at radius 3 is 2.60 bits per heavy atom. The molecule has 3 rings (SSSR count). The first-order valence-corrected chi connectivity index (χ1v) is 6.89. The van der Waals surface area contributed by atoms with Gasteiger partial charge in [0.2, 0.25) is 5.69 Å². The number of nitrogens with zero attached hydrogens (tertiary/aromatic N) is 5. The van der Waals surface area contributed by atoms with Crippen molar-refractivity contribution < 1.29 is 0 Å². The average molecular weight is 267 g/mol. The standard InChI is InChI=1S/C15H17N5/c1-11-6-5-7-14(12(11)2)20-17-13(10-16)15(18-20)19-8-3-4-9-19/h5-7H,3-4,8-9H2,1-2H3. The number of nitriles is 1. The Hall–Kier alpha value is -2.35. The van der Waals surface area contributed by atoms with Crippen molar-refractivity contribution in [2.24, 2.45) is 0 Å². The average Bonchev–Trinajstić information content (AvgIpc) is 3.09. The van der Waals surface area contributed by atoms with Gasteiger partial charge in [-0.25, -0.2) is 0 Å². The van der Waals surface area contributed by atoms with E-state index in [-0.39, 0.29) is 0 Å². The molecule has 20 heavy (non-hydrogen) atoms. The molecule has 0 spiro atoms. The lowest BCUT2D eigenvalue weighted by atomic mass is 10.1. The number of hydrogen-bond acceptors (Lipinski definition) is 4. The summed E-state index contributed by atoms with van der Waals surface area (Å²) in [6, 6.07) is 8.20. The molecule has 0 unspecified atom stereocenters.